The zero-order valence-corrected chi connectivity index (χ0v) is 22.8. The molecule has 0 fully saturated rings. The molecule has 8 rings (SSSR count). The van der Waals surface area contributed by atoms with Crippen molar-refractivity contribution in [3.63, 3.8) is 0 Å². The Morgan fingerprint density at radius 3 is 1.98 bits per heavy atom. The summed E-state index contributed by atoms with van der Waals surface area (Å²) in [7, 11) is 0. The fraction of sp³-hybridized carbons (Fsp3) is 0. The zero-order chi connectivity index (χ0) is 30.3. The minimum atomic E-state index is 0.358. The summed E-state index contributed by atoms with van der Waals surface area (Å²) in [5.74, 6) is 0.991. The van der Waals surface area contributed by atoms with Crippen LogP contribution in [0.25, 0.3) is 55.6 Å². The van der Waals surface area contributed by atoms with Gasteiger partial charge in [0.05, 0.1) is 8.94 Å². The van der Waals surface area contributed by atoms with Crippen molar-refractivity contribution in [2.24, 2.45) is 0 Å². The molecule has 0 radical (unpaired) electrons. The molecule has 2 heterocycles. The van der Waals surface area contributed by atoms with Gasteiger partial charge >= 0.3 is 0 Å². The summed E-state index contributed by atoms with van der Waals surface area (Å²) in [4.78, 5) is 6.38. The van der Waals surface area contributed by atoms with Gasteiger partial charge in [0.15, 0.2) is 0 Å². The molecule has 0 bridgehead atoms. The van der Waals surface area contributed by atoms with E-state index in [1.165, 1.54) is 6.39 Å². The summed E-state index contributed by atoms with van der Waals surface area (Å²) >= 11 is 0. The summed E-state index contributed by atoms with van der Waals surface area (Å²) in [5.41, 5.74) is 5.98. The standard InChI is InChI=1S/C37H24N4O2/c1-2-4-28-21-29(6-5-25(28)3-1)30-7-8-32-23-35(18-13-31(32)22-30)41(33-14-9-26(10-15-33)36-38-19-20-42-36)34-16-11-27(12-17-34)37-40-39-24-43-37/h1-24H/i8D,22D. The second kappa shape index (κ2) is 10.4. The van der Waals surface area contributed by atoms with Gasteiger partial charge in [0, 0.05) is 28.2 Å². The van der Waals surface area contributed by atoms with E-state index in [1.807, 2.05) is 84.9 Å². The van der Waals surface area contributed by atoms with Crippen LogP contribution in [0.1, 0.15) is 2.74 Å². The van der Waals surface area contributed by atoms with Gasteiger partial charge in [0.1, 0.15) is 6.26 Å². The quantitative estimate of drug-likeness (QED) is 0.202. The maximum Gasteiger partial charge on any atom is 0.247 e. The Bertz CT molecular complexity index is 2210. The van der Waals surface area contributed by atoms with Crippen molar-refractivity contribution in [1.82, 2.24) is 15.2 Å². The Labute approximate surface area is 250 Å². The third kappa shape index (κ3) is 4.71. The highest BCUT2D eigenvalue weighted by Crippen LogP contribution is 2.38. The van der Waals surface area contributed by atoms with E-state index in [9.17, 15) is 0 Å². The first-order valence-electron chi connectivity index (χ1n) is 14.8. The summed E-state index contributed by atoms with van der Waals surface area (Å²) in [6.07, 6.45) is 4.49. The molecule has 6 nitrogen and oxygen atoms in total. The molecule has 0 amide bonds. The van der Waals surface area contributed by atoms with Gasteiger partial charge in [0.2, 0.25) is 18.2 Å². The number of hydrogen-bond acceptors (Lipinski definition) is 6. The molecule has 0 saturated heterocycles. The molecule has 0 saturated carbocycles. The number of anilines is 3. The molecule has 2 aromatic heterocycles. The zero-order valence-electron chi connectivity index (χ0n) is 24.8. The topological polar surface area (TPSA) is 68.2 Å². The normalized spacial score (nSPS) is 11.9. The number of aromatic nitrogens is 3. The van der Waals surface area contributed by atoms with Crippen LogP contribution in [0.15, 0.2) is 155 Å². The fourth-order valence-electron chi connectivity index (χ4n) is 5.36. The number of oxazole rings is 1. The van der Waals surface area contributed by atoms with Crippen molar-refractivity contribution in [2.75, 3.05) is 4.90 Å². The van der Waals surface area contributed by atoms with Crippen LogP contribution in [0.4, 0.5) is 17.1 Å². The predicted molar refractivity (Wildman–Crippen MR) is 170 cm³/mol. The molecule has 0 unspecified atom stereocenters. The third-order valence-electron chi connectivity index (χ3n) is 7.50. The van der Waals surface area contributed by atoms with Crippen molar-refractivity contribution in [3.8, 4) is 34.0 Å². The van der Waals surface area contributed by atoms with E-state index in [4.69, 9.17) is 11.6 Å². The molecule has 0 spiro atoms. The van der Waals surface area contributed by atoms with Crippen molar-refractivity contribution in [2.45, 2.75) is 0 Å². The number of nitrogens with zero attached hydrogens (tertiary/aromatic N) is 4. The lowest BCUT2D eigenvalue weighted by Crippen LogP contribution is -2.09. The summed E-state index contributed by atoms with van der Waals surface area (Å²) in [6, 6.07) is 38.6. The Morgan fingerprint density at radius 2 is 1.26 bits per heavy atom. The lowest BCUT2D eigenvalue weighted by atomic mass is 9.98. The molecule has 43 heavy (non-hydrogen) atoms. The molecular formula is C37H24N4O2. The first kappa shape index (κ1) is 22.7. The maximum absolute atomic E-state index is 9.14. The molecular weight excluding hydrogens is 532 g/mol. The van der Waals surface area contributed by atoms with Gasteiger partial charge in [0.25, 0.3) is 0 Å². The van der Waals surface area contributed by atoms with Gasteiger partial charge in [-0.1, -0.05) is 54.6 Å². The van der Waals surface area contributed by atoms with E-state index >= 15 is 0 Å². The molecule has 6 aromatic carbocycles. The van der Waals surface area contributed by atoms with Crippen LogP contribution in [0.2, 0.25) is 0 Å². The van der Waals surface area contributed by atoms with E-state index < -0.39 is 0 Å². The van der Waals surface area contributed by atoms with Crippen LogP contribution in [-0.4, -0.2) is 15.2 Å². The molecule has 8 aromatic rings. The number of fused-ring (bicyclic) bond motifs is 2. The highest BCUT2D eigenvalue weighted by Gasteiger charge is 2.15. The van der Waals surface area contributed by atoms with E-state index in [2.05, 4.69) is 44.3 Å². The molecule has 204 valence electrons. The van der Waals surface area contributed by atoms with Crippen molar-refractivity contribution < 1.29 is 11.6 Å². The molecule has 0 aliphatic heterocycles. The second-order valence-electron chi connectivity index (χ2n) is 10.1. The Kier molecular flexibility index (Phi) is 5.50. The van der Waals surface area contributed by atoms with Gasteiger partial charge in [-0.3, -0.25) is 0 Å². The van der Waals surface area contributed by atoms with E-state index in [1.54, 1.807) is 18.5 Å². The van der Waals surface area contributed by atoms with Gasteiger partial charge in [-0.25, -0.2) is 4.98 Å². The number of benzene rings is 6. The first-order chi connectivity index (χ1) is 22.1. The Hall–Kier alpha value is -6.01. The maximum atomic E-state index is 9.14. The first-order valence-corrected chi connectivity index (χ1v) is 13.8. The monoisotopic (exact) mass is 558 g/mol. The second-order valence-corrected chi connectivity index (χ2v) is 10.1. The third-order valence-corrected chi connectivity index (χ3v) is 7.50. The average molecular weight is 559 g/mol. The van der Waals surface area contributed by atoms with Crippen LogP contribution in [0.5, 0.6) is 0 Å². The lowest BCUT2D eigenvalue weighted by molar-refractivity contribution is 0.568. The average Bonchev–Trinajstić information content (AvgIpc) is 3.83. The largest absolute Gasteiger partial charge is 0.445 e. The summed E-state index contributed by atoms with van der Waals surface area (Å²) < 4.78 is 29.0. The predicted octanol–water partition coefficient (Wildman–Crippen LogP) is 9.83. The SMILES string of the molecule is [2H]c1cc(-c2ccc3ccccc3c2)c([2H])c2ccc(N(c3ccc(-c4ncco4)cc3)c3ccc(-c4nnco4)cc3)cc12. The van der Waals surface area contributed by atoms with Crippen LogP contribution in [0.3, 0.4) is 0 Å². The lowest BCUT2D eigenvalue weighted by Gasteiger charge is -2.26. The van der Waals surface area contributed by atoms with Crippen LogP contribution in [-0.2, 0) is 0 Å². The van der Waals surface area contributed by atoms with E-state index in [-0.39, 0.29) is 0 Å². The molecule has 0 N–H and O–H groups in total. The van der Waals surface area contributed by atoms with Gasteiger partial charge < -0.3 is 13.7 Å². The molecule has 0 aliphatic carbocycles. The van der Waals surface area contributed by atoms with Crippen molar-refractivity contribution in [3.05, 3.63) is 146 Å². The highest BCUT2D eigenvalue weighted by atomic mass is 16.4. The molecule has 0 atom stereocenters. The van der Waals surface area contributed by atoms with Crippen LogP contribution in [0, 0.1) is 0 Å². The van der Waals surface area contributed by atoms with Gasteiger partial charge in [-0.05, 0) is 105 Å². The minimum Gasteiger partial charge on any atom is -0.445 e. The van der Waals surface area contributed by atoms with Crippen LogP contribution < -0.4 is 4.90 Å². The van der Waals surface area contributed by atoms with Crippen molar-refractivity contribution >= 4 is 38.6 Å². The van der Waals surface area contributed by atoms with E-state index in [0.29, 0.717) is 29.3 Å². The number of rotatable bonds is 6. The van der Waals surface area contributed by atoms with Gasteiger partial charge in [-0.2, -0.15) is 0 Å². The summed E-state index contributed by atoms with van der Waals surface area (Å²) in [5, 5.41) is 11.5. The number of hydrogen-bond donors (Lipinski definition) is 0. The molecule has 0 aliphatic rings. The fourth-order valence-corrected chi connectivity index (χ4v) is 5.36. The highest BCUT2D eigenvalue weighted by molar-refractivity contribution is 5.94. The van der Waals surface area contributed by atoms with Gasteiger partial charge in [-0.15, -0.1) is 10.2 Å². The van der Waals surface area contributed by atoms with E-state index in [0.717, 1.165) is 55.5 Å². The molecule has 6 heteroatoms. The summed E-state index contributed by atoms with van der Waals surface area (Å²) in [6.45, 7) is 0. The smallest absolute Gasteiger partial charge is 0.247 e. The minimum absolute atomic E-state index is 0.358. The Morgan fingerprint density at radius 1 is 0.558 bits per heavy atom. The van der Waals surface area contributed by atoms with Crippen LogP contribution >= 0.6 is 0 Å². The Balaban J connectivity index is 1.24. The van der Waals surface area contributed by atoms with Crippen molar-refractivity contribution in [1.29, 1.82) is 0 Å².